The second-order valence-electron chi connectivity index (χ2n) is 11.6. The van der Waals surface area contributed by atoms with Crippen LogP contribution in [-0.2, 0) is 0 Å². The predicted octanol–water partition coefficient (Wildman–Crippen LogP) is 7.70. The molecule has 0 N–H and O–H groups in total. The molecule has 0 aliphatic rings. The van der Waals surface area contributed by atoms with E-state index in [0.29, 0.717) is 5.56 Å². The summed E-state index contributed by atoms with van der Waals surface area (Å²) in [7, 11) is -2.60. The van der Waals surface area contributed by atoms with Gasteiger partial charge >= 0.3 is 0 Å². The summed E-state index contributed by atoms with van der Waals surface area (Å²) in [6, 6.07) is 67.8. The van der Waals surface area contributed by atoms with Crippen LogP contribution in [0.15, 0.2) is 182 Å². The fourth-order valence-corrected chi connectivity index (χ4v) is 11.9. The second-order valence-corrected chi connectivity index (χ2v) is 15.4. The van der Waals surface area contributed by atoms with Crippen molar-refractivity contribution in [2.75, 3.05) is 0 Å². The molecule has 0 atom stereocenters. The summed E-state index contributed by atoms with van der Waals surface area (Å²) in [4.78, 5) is 0. The number of hydrogen-bond donors (Lipinski definition) is 0. The molecule has 0 bridgehead atoms. The van der Waals surface area contributed by atoms with E-state index in [0.717, 1.165) is 38.6 Å². The lowest BCUT2D eigenvalue weighted by Crippen LogP contribution is -2.74. The number of para-hydroxylation sites is 2. The smallest absolute Gasteiger partial charge is 0.179 e. The predicted molar refractivity (Wildman–Crippen MR) is 195 cm³/mol. The summed E-state index contributed by atoms with van der Waals surface area (Å²) in [5, 5.41) is 17.3. The Morgan fingerprint density at radius 1 is 0.435 bits per heavy atom. The Morgan fingerprint density at radius 2 is 0.935 bits per heavy atom. The summed E-state index contributed by atoms with van der Waals surface area (Å²) < 4.78 is 2.34. The molecule has 0 saturated heterocycles. The number of fused-ring (bicyclic) bond motifs is 3. The molecule has 7 aromatic carbocycles. The summed E-state index contributed by atoms with van der Waals surface area (Å²) in [6.45, 7) is 0. The van der Waals surface area contributed by atoms with Crippen LogP contribution in [0.2, 0.25) is 0 Å². The van der Waals surface area contributed by atoms with Gasteiger partial charge in [-0.05, 0) is 56.6 Å². The lowest BCUT2D eigenvalue weighted by atomic mass is 10.0. The maximum atomic E-state index is 9.63. The minimum atomic E-state index is -2.60. The van der Waals surface area contributed by atoms with Gasteiger partial charge in [0.05, 0.1) is 28.4 Å². The third kappa shape index (κ3) is 4.39. The average molecular weight is 603 g/mol. The van der Waals surface area contributed by atoms with Gasteiger partial charge in [-0.15, -0.1) is 0 Å². The van der Waals surface area contributed by atoms with Crippen molar-refractivity contribution in [1.29, 1.82) is 5.26 Å². The van der Waals surface area contributed by atoms with E-state index in [9.17, 15) is 5.26 Å². The molecule has 0 amide bonds. The van der Waals surface area contributed by atoms with Gasteiger partial charge < -0.3 is 4.57 Å². The SMILES string of the molecule is N#Cc1ccc2c(c1)c1ccccc1n2-c1ccccc1-c1ccc([Si](c2ccccc2)(c2ccccc2)c2ccccc2)cc1. The molecule has 216 valence electrons. The molecular formula is C43H30N2Si. The van der Waals surface area contributed by atoms with Crippen molar-refractivity contribution >= 4 is 50.6 Å². The van der Waals surface area contributed by atoms with Crippen LogP contribution in [-0.4, -0.2) is 12.6 Å². The van der Waals surface area contributed by atoms with Gasteiger partial charge in [-0.1, -0.05) is 152 Å². The van der Waals surface area contributed by atoms with Gasteiger partial charge in [-0.25, -0.2) is 0 Å². The molecule has 0 fully saturated rings. The van der Waals surface area contributed by atoms with Gasteiger partial charge in [0, 0.05) is 16.3 Å². The van der Waals surface area contributed by atoms with E-state index in [-0.39, 0.29) is 0 Å². The minimum absolute atomic E-state index is 0.669. The zero-order valence-electron chi connectivity index (χ0n) is 25.2. The molecule has 0 spiro atoms. The summed E-state index contributed by atoms with van der Waals surface area (Å²) in [6.07, 6.45) is 0. The highest BCUT2D eigenvalue weighted by atomic mass is 28.3. The van der Waals surface area contributed by atoms with Crippen molar-refractivity contribution in [3.8, 4) is 22.9 Å². The Hall–Kier alpha value is -5.95. The molecule has 2 nitrogen and oxygen atoms in total. The van der Waals surface area contributed by atoms with Crippen molar-refractivity contribution < 1.29 is 0 Å². The van der Waals surface area contributed by atoms with E-state index in [1.165, 1.54) is 20.7 Å². The van der Waals surface area contributed by atoms with E-state index in [1.807, 2.05) is 12.1 Å². The third-order valence-corrected chi connectivity index (χ3v) is 14.0. The second kappa shape index (κ2) is 11.5. The summed E-state index contributed by atoms with van der Waals surface area (Å²) in [5.41, 5.74) is 6.32. The molecule has 1 aromatic heterocycles. The number of nitriles is 1. The maximum absolute atomic E-state index is 9.63. The first-order valence-corrected chi connectivity index (χ1v) is 17.6. The van der Waals surface area contributed by atoms with Crippen LogP contribution in [0, 0.1) is 11.3 Å². The van der Waals surface area contributed by atoms with Crippen LogP contribution >= 0.6 is 0 Å². The van der Waals surface area contributed by atoms with Crippen molar-refractivity contribution in [1.82, 2.24) is 4.57 Å². The molecular weight excluding hydrogens is 573 g/mol. The lowest BCUT2D eigenvalue weighted by Gasteiger charge is -2.34. The zero-order valence-corrected chi connectivity index (χ0v) is 26.2. The van der Waals surface area contributed by atoms with Crippen LogP contribution in [0.25, 0.3) is 38.6 Å². The van der Waals surface area contributed by atoms with E-state index >= 15 is 0 Å². The Labute approximate surface area is 270 Å². The topological polar surface area (TPSA) is 28.7 Å². The number of nitrogens with zero attached hydrogens (tertiary/aromatic N) is 2. The van der Waals surface area contributed by atoms with Crippen LogP contribution in [0.3, 0.4) is 0 Å². The zero-order chi connectivity index (χ0) is 30.9. The van der Waals surface area contributed by atoms with Crippen molar-refractivity contribution in [3.05, 3.63) is 188 Å². The van der Waals surface area contributed by atoms with Crippen LogP contribution in [0.5, 0.6) is 0 Å². The fourth-order valence-electron chi connectivity index (χ4n) is 7.18. The first-order chi connectivity index (χ1) is 22.8. The molecule has 3 heteroatoms. The van der Waals surface area contributed by atoms with Gasteiger partial charge in [0.15, 0.2) is 8.07 Å². The van der Waals surface area contributed by atoms with Crippen molar-refractivity contribution in [3.63, 3.8) is 0 Å². The van der Waals surface area contributed by atoms with Crippen LogP contribution in [0.4, 0.5) is 0 Å². The largest absolute Gasteiger partial charge is 0.309 e. The Kier molecular flexibility index (Phi) is 6.91. The molecule has 1 heterocycles. The van der Waals surface area contributed by atoms with Gasteiger partial charge in [-0.3, -0.25) is 0 Å². The standard InChI is InChI=1S/C43H30N2Si/c44-31-32-24-29-43-40(30-32)39-21-11-13-23-42(39)45(43)41-22-12-10-20-38(41)33-25-27-37(28-26-33)46(34-14-4-1-5-15-34,35-16-6-2-7-17-35)36-18-8-3-9-19-36/h1-30H. The molecule has 0 aliphatic carbocycles. The van der Waals surface area contributed by atoms with Crippen molar-refractivity contribution in [2.45, 2.75) is 0 Å². The van der Waals surface area contributed by atoms with Crippen LogP contribution < -0.4 is 20.7 Å². The maximum Gasteiger partial charge on any atom is 0.179 e. The highest BCUT2D eigenvalue weighted by Crippen LogP contribution is 2.36. The Bertz CT molecular complexity index is 2250. The van der Waals surface area contributed by atoms with Gasteiger partial charge in [-0.2, -0.15) is 5.26 Å². The first kappa shape index (κ1) is 27.6. The highest BCUT2D eigenvalue weighted by Gasteiger charge is 2.41. The van der Waals surface area contributed by atoms with Crippen LogP contribution in [0.1, 0.15) is 5.56 Å². The average Bonchev–Trinajstić information content (AvgIpc) is 3.47. The van der Waals surface area contributed by atoms with E-state index in [4.69, 9.17) is 0 Å². The molecule has 46 heavy (non-hydrogen) atoms. The number of benzene rings is 7. The molecule has 0 saturated carbocycles. The van der Waals surface area contributed by atoms with Gasteiger partial charge in [0.25, 0.3) is 0 Å². The molecule has 0 radical (unpaired) electrons. The molecule has 0 unspecified atom stereocenters. The van der Waals surface area contributed by atoms with Gasteiger partial charge in [0.1, 0.15) is 0 Å². The normalized spacial score (nSPS) is 11.5. The monoisotopic (exact) mass is 602 g/mol. The van der Waals surface area contributed by atoms with Gasteiger partial charge in [0.2, 0.25) is 0 Å². The molecule has 8 aromatic rings. The Balaban J connectivity index is 1.34. The summed E-state index contributed by atoms with van der Waals surface area (Å²) in [5.74, 6) is 0. The van der Waals surface area contributed by atoms with E-state index in [1.54, 1.807) is 0 Å². The quantitative estimate of drug-likeness (QED) is 0.142. The Morgan fingerprint density at radius 3 is 1.54 bits per heavy atom. The van der Waals surface area contributed by atoms with Crippen molar-refractivity contribution in [2.24, 2.45) is 0 Å². The highest BCUT2D eigenvalue weighted by molar-refractivity contribution is 7.19. The third-order valence-electron chi connectivity index (χ3n) is 9.20. The van der Waals surface area contributed by atoms with E-state index < -0.39 is 8.07 Å². The van der Waals surface area contributed by atoms with E-state index in [2.05, 4.69) is 180 Å². The first-order valence-electron chi connectivity index (χ1n) is 15.6. The number of rotatable bonds is 6. The minimum Gasteiger partial charge on any atom is -0.309 e. The molecule has 8 rings (SSSR count). The molecule has 0 aliphatic heterocycles. The lowest BCUT2D eigenvalue weighted by molar-refractivity contribution is 1.18. The number of hydrogen-bond acceptors (Lipinski definition) is 1. The summed E-state index contributed by atoms with van der Waals surface area (Å²) >= 11 is 0. The fraction of sp³-hybridized carbons (Fsp3) is 0. The number of aromatic nitrogens is 1.